The lowest BCUT2D eigenvalue weighted by atomic mass is 9.72. The molecule has 0 aliphatic carbocycles. The van der Waals surface area contributed by atoms with Crippen LogP contribution in [0.2, 0.25) is 0 Å². The zero-order valence-corrected chi connectivity index (χ0v) is 15.1. The van der Waals surface area contributed by atoms with Crippen molar-refractivity contribution in [1.29, 1.82) is 0 Å². The van der Waals surface area contributed by atoms with Crippen LogP contribution in [0, 0.1) is 5.41 Å². The monoisotopic (exact) mass is 346 g/mol. The number of aromatic amines is 1. The molecule has 2 fully saturated rings. The first kappa shape index (κ1) is 16.3. The van der Waals surface area contributed by atoms with E-state index in [4.69, 9.17) is 0 Å². The summed E-state index contributed by atoms with van der Waals surface area (Å²) in [7, 11) is 2.14. The van der Waals surface area contributed by atoms with E-state index in [-0.39, 0.29) is 6.10 Å². The first-order valence-electron chi connectivity index (χ1n) is 8.79. The maximum Gasteiger partial charge on any atom is 0.0749 e. The van der Waals surface area contributed by atoms with Crippen molar-refractivity contribution in [2.75, 3.05) is 33.2 Å². The number of piperidine rings is 2. The highest BCUT2D eigenvalue weighted by atomic mass is 32.1. The molecule has 0 bridgehead atoms. The van der Waals surface area contributed by atoms with E-state index in [2.05, 4.69) is 39.2 Å². The van der Waals surface area contributed by atoms with Crippen molar-refractivity contribution in [2.24, 2.45) is 5.41 Å². The van der Waals surface area contributed by atoms with E-state index >= 15 is 0 Å². The first-order chi connectivity index (χ1) is 11.6. The second-order valence-electron chi connectivity index (χ2n) is 7.57. The van der Waals surface area contributed by atoms with Gasteiger partial charge in [-0.2, -0.15) is 5.10 Å². The molecule has 0 saturated carbocycles. The van der Waals surface area contributed by atoms with Gasteiger partial charge in [0.15, 0.2) is 0 Å². The van der Waals surface area contributed by atoms with Crippen LogP contribution in [-0.2, 0) is 6.54 Å². The number of nitrogens with zero attached hydrogens (tertiary/aromatic N) is 3. The zero-order valence-electron chi connectivity index (χ0n) is 14.2. The smallest absolute Gasteiger partial charge is 0.0749 e. The molecule has 1 atom stereocenters. The van der Waals surface area contributed by atoms with E-state index in [1.54, 1.807) is 6.20 Å². The highest BCUT2D eigenvalue weighted by Crippen LogP contribution is 2.40. The minimum Gasteiger partial charge on any atom is -0.392 e. The molecule has 1 unspecified atom stereocenters. The molecule has 0 amide bonds. The molecule has 0 radical (unpaired) electrons. The average molecular weight is 347 g/mol. The van der Waals surface area contributed by atoms with Gasteiger partial charge >= 0.3 is 0 Å². The van der Waals surface area contributed by atoms with Crippen LogP contribution >= 0.6 is 11.3 Å². The topological polar surface area (TPSA) is 55.4 Å². The number of rotatable bonds is 3. The Balaban J connectivity index is 1.35. The third kappa shape index (κ3) is 3.42. The quantitative estimate of drug-likeness (QED) is 0.896. The minimum atomic E-state index is -0.149. The molecule has 2 aliphatic rings. The maximum absolute atomic E-state index is 10.1. The number of β-amino-alcohol motifs (C(OH)–C–C–N with tert-alkyl or cyclic N) is 1. The van der Waals surface area contributed by atoms with Crippen LogP contribution < -0.4 is 0 Å². The molecule has 130 valence electrons. The number of aromatic nitrogens is 2. The molecular weight excluding hydrogens is 320 g/mol. The lowest BCUT2D eigenvalue weighted by Crippen LogP contribution is -2.52. The number of nitrogens with one attached hydrogen (secondary N) is 1. The Bertz CT molecular complexity index is 648. The predicted molar refractivity (Wildman–Crippen MR) is 97.0 cm³/mol. The second kappa shape index (κ2) is 6.59. The fourth-order valence-corrected chi connectivity index (χ4v) is 5.42. The van der Waals surface area contributed by atoms with E-state index in [1.165, 1.54) is 22.6 Å². The summed E-state index contributed by atoms with van der Waals surface area (Å²) < 4.78 is 0. The van der Waals surface area contributed by atoms with Crippen LogP contribution in [0.15, 0.2) is 24.4 Å². The molecule has 2 N–H and O–H groups in total. The van der Waals surface area contributed by atoms with Crippen LogP contribution in [-0.4, -0.2) is 64.4 Å². The predicted octanol–water partition coefficient (Wildman–Crippen LogP) is 2.42. The number of H-pyrrole nitrogens is 1. The van der Waals surface area contributed by atoms with Crippen LogP contribution in [0.25, 0.3) is 10.6 Å². The zero-order chi connectivity index (χ0) is 16.6. The molecule has 0 aromatic carbocycles. The normalized spacial score (nSPS) is 25.3. The van der Waals surface area contributed by atoms with Gasteiger partial charge in [-0.1, -0.05) is 0 Å². The molecule has 1 spiro atoms. The third-order valence-electron chi connectivity index (χ3n) is 5.52. The lowest BCUT2D eigenvalue weighted by molar-refractivity contribution is -0.0329. The summed E-state index contributed by atoms with van der Waals surface area (Å²) in [5.41, 5.74) is 1.43. The van der Waals surface area contributed by atoms with Crippen molar-refractivity contribution in [2.45, 2.75) is 31.9 Å². The highest BCUT2D eigenvalue weighted by Gasteiger charge is 2.40. The van der Waals surface area contributed by atoms with E-state index in [9.17, 15) is 5.11 Å². The fourth-order valence-electron chi connectivity index (χ4n) is 4.39. The summed E-state index contributed by atoms with van der Waals surface area (Å²) in [4.78, 5) is 7.54. The van der Waals surface area contributed by atoms with E-state index in [1.807, 2.05) is 17.4 Å². The van der Waals surface area contributed by atoms with Gasteiger partial charge in [0.1, 0.15) is 0 Å². The van der Waals surface area contributed by atoms with Crippen molar-refractivity contribution >= 4 is 11.3 Å². The maximum atomic E-state index is 10.1. The third-order valence-corrected chi connectivity index (χ3v) is 6.62. The Kier molecular flexibility index (Phi) is 4.47. The Morgan fingerprint density at radius 2 is 2.17 bits per heavy atom. The number of hydrogen-bond donors (Lipinski definition) is 2. The Hall–Kier alpha value is -1.21. The number of likely N-dealkylation sites (tertiary alicyclic amines) is 2. The van der Waals surface area contributed by atoms with Gasteiger partial charge in [0, 0.05) is 30.7 Å². The first-order valence-corrected chi connectivity index (χ1v) is 9.61. The van der Waals surface area contributed by atoms with Gasteiger partial charge in [-0.05, 0) is 63.0 Å². The van der Waals surface area contributed by atoms with Gasteiger partial charge in [0.05, 0.1) is 16.7 Å². The van der Waals surface area contributed by atoms with Gasteiger partial charge < -0.3 is 10.0 Å². The molecule has 2 aromatic heterocycles. The second-order valence-corrected chi connectivity index (χ2v) is 8.74. The summed E-state index contributed by atoms with van der Waals surface area (Å²) in [6, 6.07) is 6.44. The summed E-state index contributed by atoms with van der Waals surface area (Å²) in [6.45, 7) is 5.28. The highest BCUT2D eigenvalue weighted by molar-refractivity contribution is 7.15. The molecular formula is C18H26N4OS. The number of aliphatic hydroxyl groups excluding tert-OH is 1. The Labute approximate surface area is 147 Å². The van der Waals surface area contributed by atoms with Crippen molar-refractivity contribution in [1.82, 2.24) is 20.0 Å². The number of hydrogen-bond acceptors (Lipinski definition) is 5. The van der Waals surface area contributed by atoms with Crippen LogP contribution in [0.3, 0.4) is 0 Å². The van der Waals surface area contributed by atoms with Crippen LogP contribution in [0.1, 0.15) is 24.1 Å². The van der Waals surface area contributed by atoms with E-state index in [0.717, 1.165) is 44.8 Å². The standard InChI is InChI=1S/C18H26N4OS/c1-21-11-14(23)10-18(13-21)5-8-22(9-6-18)12-15-2-3-17(24-15)16-4-7-19-20-16/h2-4,7,14,23H,5-6,8-13H2,1H3,(H,19,20). The van der Waals surface area contributed by atoms with Crippen LogP contribution in [0.4, 0.5) is 0 Å². The Morgan fingerprint density at radius 3 is 2.88 bits per heavy atom. The van der Waals surface area contributed by atoms with Gasteiger partial charge in [0.25, 0.3) is 0 Å². The van der Waals surface area contributed by atoms with E-state index < -0.39 is 0 Å². The molecule has 2 saturated heterocycles. The Morgan fingerprint density at radius 1 is 1.33 bits per heavy atom. The van der Waals surface area contributed by atoms with Crippen molar-refractivity contribution in [3.05, 3.63) is 29.3 Å². The summed E-state index contributed by atoms with van der Waals surface area (Å²) in [6.07, 6.45) is 5.03. The SMILES string of the molecule is CN1CC(O)CC2(CCN(Cc3ccc(-c4ccn[nH]4)s3)CC2)C1. The summed E-state index contributed by atoms with van der Waals surface area (Å²) in [5.74, 6) is 0. The summed E-state index contributed by atoms with van der Waals surface area (Å²) in [5, 5.41) is 17.2. The largest absolute Gasteiger partial charge is 0.392 e. The van der Waals surface area contributed by atoms with Gasteiger partial charge in [0.2, 0.25) is 0 Å². The fraction of sp³-hybridized carbons (Fsp3) is 0.611. The minimum absolute atomic E-state index is 0.149. The molecule has 5 nitrogen and oxygen atoms in total. The van der Waals surface area contributed by atoms with Crippen molar-refractivity contribution < 1.29 is 5.11 Å². The molecule has 4 heterocycles. The van der Waals surface area contributed by atoms with Crippen molar-refractivity contribution in [3.8, 4) is 10.6 Å². The van der Waals surface area contributed by atoms with E-state index in [0.29, 0.717) is 5.41 Å². The van der Waals surface area contributed by atoms with Gasteiger partial charge in [-0.15, -0.1) is 11.3 Å². The van der Waals surface area contributed by atoms with Gasteiger partial charge in [-0.3, -0.25) is 10.00 Å². The summed E-state index contributed by atoms with van der Waals surface area (Å²) >= 11 is 1.85. The molecule has 2 aliphatic heterocycles. The van der Waals surface area contributed by atoms with Gasteiger partial charge in [-0.25, -0.2) is 0 Å². The number of likely N-dealkylation sites (N-methyl/N-ethyl adjacent to an activating group) is 1. The molecule has 24 heavy (non-hydrogen) atoms. The molecule has 2 aromatic rings. The lowest BCUT2D eigenvalue weighted by Gasteiger charge is -2.48. The number of thiophene rings is 1. The van der Waals surface area contributed by atoms with Crippen LogP contribution in [0.5, 0.6) is 0 Å². The molecule has 4 rings (SSSR count). The number of aliphatic hydroxyl groups is 1. The van der Waals surface area contributed by atoms with Crippen molar-refractivity contribution in [3.63, 3.8) is 0 Å². The average Bonchev–Trinajstić information content (AvgIpc) is 3.20. The molecule has 6 heteroatoms.